The molecular weight excluding hydrogens is 226 g/mol. The van der Waals surface area contributed by atoms with E-state index in [-0.39, 0.29) is 12.1 Å². The molecule has 102 valence electrons. The van der Waals surface area contributed by atoms with E-state index in [1.807, 2.05) is 25.7 Å². The summed E-state index contributed by atoms with van der Waals surface area (Å²) >= 11 is 0. The Labute approximate surface area is 110 Å². The van der Waals surface area contributed by atoms with Gasteiger partial charge < -0.3 is 4.74 Å². The Kier molecular flexibility index (Phi) is 3.69. The van der Waals surface area contributed by atoms with Crippen LogP contribution in [-0.2, 0) is 4.74 Å². The summed E-state index contributed by atoms with van der Waals surface area (Å²) in [6, 6.07) is 0.650. The van der Waals surface area contributed by atoms with Crippen molar-refractivity contribution >= 4 is 6.09 Å². The van der Waals surface area contributed by atoms with Crippen LogP contribution in [-0.4, -0.2) is 28.7 Å². The van der Waals surface area contributed by atoms with Crippen molar-refractivity contribution < 1.29 is 9.53 Å². The number of carbonyl (C=O) groups excluding carboxylic acids is 1. The fourth-order valence-electron chi connectivity index (χ4n) is 3.02. The van der Waals surface area contributed by atoms with Gasteiger partial charge >= 0.3 is 6.09 Å². The zero-order valence-corrected chi connectivity index (χ0v) is 12.0. The molecule has 0 aromatic carbocycles. The number of carbonyl (C=O) groups is 1. The Balaban J connectivity index is 2.06. The molecule has 1 fully saturated rings. The molecule has 0 N–H and O–H groups in total. The second-order valence-corrected chi connectivity index (χ2v) is 6.47. The lowest BCUT2D eigenvalue weighted by molar-refractivity contribution is 0.0166. The van der Waals surface area contributed by atoms with Gasteiger partial charge in [-0.05, 0) is 46.5 Å². The van der Waals surface area contributed by atoms with Crippen LogP contribution >= 0.6 is 0 Å². The number of fused-ring (bicyclic) bond motifs is 2. The topological polar surface area (TPSA) is 29.5 Å². The molecule has 0 spiro atoms. The molecule has 2 aliphatic rings. The normalized spacial score (nSPS) is 27.1. The third kappa shape index (κ3) is 2.88. The Morgan fingerprint density at radius 1 is 1.44 bits per heavy atom. The van der Waals surface area contributed by atoms with Crippen LogP contribution in [0.25, 0.3) is 0 Å². The Bertz CT molecular complexity index is 354. The van der Waals surface area contributed by atoms with Crippen LogP contribution in [0.5, 0.6) is 0 Å². The maximum Gasteiger partial charge on any atom is 0.411 e. The molecular formula is C15H25NO2. The summed E-state index contributed by atoms with van der Waals surface area (Å²) in [5, 5.41) is 0. The number of hydrogen-bond acceptors (Lipinski definition) is 2. The minimum absolute atomic E-state index is 0.137. The second-order valence-electron chi connectivity index (χ2n) is 6.47. The molecule has 2 heterocycles. The van der Waals surface area contributed by atoms with Crippen LogP contribution in [0.2, 0.25) is 0 Å². The van der Waals surface area contributed by atoms with E-state index >= 15 is 0 Å². The van der Waals surface area contributed by atoms with E-state index in [4.69, 9.17) is 4.74 Å². The summed E-state index contributed by atoms with van der Waals surface area (Å²) in [6.07, 6.45) is 7.79. The van der Waals surface area contributed by atoms with E-state index in [9.17, 15) is 4.79 Å². The number of ether oxygens (including phenoxy) is 1. The van der Waals surface area contributed by atoms with Crippen LogP contribution in [0.3, 0.4) is 0 Å². The van der Waals surface area contributed by atoms with Crippen LogP contribution < -0.4 is 0 Å². The minimum atomic E-state index is -0.399. The molecule has 2 bridgehead atoms. The van der Waals surface area contributed by atoms with Gasteiger partial charge in [-0.3, -0.25) is 4.90 Å². The van der Waals surface area contributed by atoms with Gasteiger partial charge in [-0.25, -0.2) is 4.79 Å². The third-order valence-electron chi connectivity index (χ3n) is 3.65. The molecule has 0 aromatic heterocycles. The molecule has 2 unspecified atom stereocenters. The van der Waals surface area contributed by atoms with E-state index in [2.05, 4.69) is 13.0 Å². The maximum absolute atomic E-state index is 12.2. The summed E-state index contributed by atoms with van der Waals surface area (Å²) in [4.78, 5) is 14.2. The quantitative estimate of drug-likeness (QED) is 0.697. The first-order valence-electron chi connectivity index (χ1n) is 7.11. The summed E-state index contributed by atoms with van der Waals surface area (Å²) in [5.41, 5.74) is 1.13. The highest BCUT2D eigenvalue weighted by molar-refractivity contribution is 5.70. The van der Waals surface area contributed by atoms with Crippen molar-refractivity contribution in [3.05, 3.63) is 11.6 Å². The van der Waals surface area contributed by atoms with Crippen molar-refractivity contribution in [1.29, 1.82) is 0 Å². The number of nitrogens with zero attached hydrogens (tertiary/aromatic N) is 1. The van der Waals surface area contributed by atoms with Gasteiger partial charge in [-0.2, -0.15) is 0 Å². The van der Waals surface area contributed by atoms with E-state index in [0.717, 1.165) is 19.3 Å². The molecule has 2 rings (SSSR count). The fraction of sp³-hybridized carbons (Fsp3) is 0.800. The highest BCUT2D eigenvalue weighted by atomic mass is 16.6. The Morgan fingerprint density at radius 3 is 2.72 bits per heavy atom. The summed E-state index contributed by atoms with van der Waals surface area (Å²) < 4.78 is 5.51. The van der Waals surface area contributed by atoms with Crippen LogP contribution in [0.15, 0.2) is 11.6 Å². The largest absolute Gasteiger partial charge is 0.444 e. The first-order valence-corrected chi connectivity index (χ1v) is 7.11. The summed E-state index contributed by atoms with van der Waals surface area (Å²) in [6.45, 7) is 7.99. The fourth-order valence-corrected chi connectivity index (χ4v) is 3.02. The lowest BCUT2D eigenvalue weighted by atomic mass is 9.98. The van der Waals surface area contributed by atoms with Crippen molar-refractivity contribution in [2.45, 2.75) is 77.5 Å². The van der Waals surface area contributed by atoms with Crippen molar-refractivity contribution in [3.63, 3.8) is 0 Å². The third-order valence-corrected chi connectivity index (χ3v) is 3.65. The van der Waals surface area contributed by atoms with Gasteiger partial charge in [-0.15, -0.1) is 0 Å². The van der Waals surface area contributed by atoms with Gasteiger partial charge in [0.05, 0.1) is 6.04 Å². The van der Waals surface area contributed by atoms with Crippen molar-refractivity contribution in [1.82, 2.24) is 4.90 Å². The first kappa shape index (κ1) is 13.4. The van der Waals surface area contributed by atoms with Crippen LogP contribution in [0, 0.1) is 0 Å². The lowest BCUT2D eigenvalue weighted by Gasteiger charge is -2.35. The monoisotopic (exact) mass is 251 g/mol. The molecule has 3 heteroatoms. The zero-order valence-electron chi connectivity index (χ0n) is 12.0. The Hall–Kier alpha value is -0.990. The van der Waals surface area contributed by atoms with Crippen molar-refractivity contribution in [2.24, 2.45) is 0 Å². The Morgan fingerprint density at radius 2 is 2.17 bits per heavy atom. The van der Waals surface area contributed by atoms with Crippen molar-refractivity contribution in [3.8, 4) is 0 Å². The number of hydrogen-bond donors (Lipinski definition) is 0. The minimum Gasteiger partial charge on any atom is -0.444 e. The molecule has 2 aliphatic heterocycles. The molecule has 2 atom stereocenters. The van der Waals surface area contributed by atoms with E-state index in [1.54, 1.807) is 0 Å². The van der Waals surface area contributed by atoms with Gasteiger partial charge in [0.15, 0.2) is 0 Å². The van der Waals surface area contributed by atoms with E-state index in [1.165, 1.54) is 18.4 Å². The van der Waals surface area contributed by atoms with Crippen LogP contribution in [0.4, 0.5) is 4.79 Å². The van der Waals surface area contributed by atoms with Crippen LogP contribution in [0.1, 0.15) is 59.8 Å². The molecule has 0 aliphatic carbocycles. The SMILES string of the molecule is CCCC1=CC2CCC(C1)N2C(=O)OC(C)(C)C. The van der Waals surface area contributed by atoms with Gasteiger partial charge in [0.25, 0.3) is 0 Å². The molecule has 18 heavy (non-hydrogen) atoms. The number of amides is 1. The van der Waals surface area contributed by atoms with Gasteiger partial charge in [0.1, 0.15) is 5.60 Å². The van der Waals surface area contributed by atoms with Gasteiger partial charge in [0, 0.05) is 6.04 Å². The van der Waals surface area contributed by atoms with Crippen molar-refractivity contribution in [2.75, 3.05) is 0 Å². The highest BCUT2D eigenvalue weighted by Crippen LogP contribution is 2.37. The molecule has 1 amide bonds. The lowest BCUT2D eigenvalue weighted by Crippen LogP contribution is -2.45. The molecule has 3 nitrogen and oxygen atoms in total. The van der Waals surface area contributed by atoms with Gasteiger partial charge in [0.2, 0.25) is 0 Å². The summed E-state index contributed by atoms with van der Waals surface area (Å²) in [7, 11) is 0. The number of rotatable bonds is 2. The standard InChI is InChI=1S/C15H25NO2/c1-5-6-11-9-12-7-8-13(10-11)16(12)14(17)18-15(2,3)4/h9,12-13H,5-8,10H2,1-4H3. The zero-order chi connectivity index (χ0) is 13.3. The molecule has 0 aromatic rings. The van der Waals surface area contributed by atoms with Gasteiger partial charge in [-0.1, -0.05) is 25.0 Å². The first-order chi connectivity index (χ1) is 8.40. The molecule has 0 radical (unpaired) electrons. The maximum atomic E-state index is 12.2. The van der Waals surface area contributed by atoms with E-state index in [0.29, 0.717) is 6.04 Å². The highest BCUT2D eigenvalue weighted by Gasteiger charge is 2.41. The second kappa shape index (κ2) is 4.94. The molecule has 0 saturated carbocycles. The molecule has 1 saturated heterocycles. The van der Waals surface area contributed by atoms with E-state index < -0.39 is 5.60 Å². The predicted molar refractivity (Wildman–Crippen MR) is 72.5 cm³/mol. The smallest absolute Gasteiger partial charge is 0.411 e. The average molecular weight is 251 g/mol. The average Bonchev–Trinajstić information content (AvgIpc) is 2.49. The summed E-state index contributed by atoms with van der Waals surface area (Å²) in [5.74, 6) is 0. The predicted octanol–water partition coefficient (Wildman–Crippen LogP) is 3.88.